The van der Waals surface area contributed by atoms with E-state index in [1.165, 1.54) is 11.1 Å². The fraction of sp³-hybridized carbons (Fsp3) is 0.440. The Morgan fingerprint density at radius 2 is 1.78 bits per heavy atom. The third-order valence-corrected chi connectivity index (χ3v) is 6.35. The van der Waals surface area contributed by atoms with Crippen LogP contribution in [0.1, 0.15) is 30.7 Å². The third kappa shape index (κ3) is 5.61. The fourth-order valence-corrected chi connectivity index (χ4v) is 4.52. The molecule has 2 heterocycles. The SMILES string of the molecule is CN=C(NCCCn1c(C)nc2ccccc21)NCC1(c2ccccc2)CCOCC1.I. The number of fused-ring (bicyclic) bond motifs is 1. The lowest BCUT2D eigenvalue weighted by Gasteiger charge is -2.38. The molecule has 0 unspecified atom stereocenters. The van der Waals surface area contributed by atoms with Crippen LogP contribution in [0.25, 0.3) is 11.0 Å². The van der Waals surface area contributed by atoms with Gasteiger partial charge in [-0.3, -0.25) is 4.99 Å². The molecule has 0 spiro atoms. The zero-order chi connectivity index (χ0) is 21.5. The Morgan fingerprint density at radius 3 is 2.53 bits per heavy atom. The lowest BCUT2D eigenvalue weighted by atomic mass is 9.74. The van der Waals surface area contributed by atoms with Crippen molar-refractivity contribution >= 4 is 41.0 Å². The molecule has 0 saturated carbocycles. The van der Waals surface area contributed by atoms with E-state index in [2.05, 4.69) is 80.6 Å². The van der Waals surface area contributed by atoms with Gasteiger partial charge in [-0.05, 0) is 43.9 Å². The summed E-state index contributed by atoms with van der Waals surface area (Å²) in [4.78, 5) is 9.10. The minimum atomic E-state index is 0. The van der Waals surface area contributed by atoms with E-state index in [9.17, 15) is 0 Å². The van der Waals surface area contributed by atoms with E-state index in [4.69, 9.17) is 4.74 Å². The van der Waals surface area contributed by atoms with E-state index in [0.717, 1.165) is 69.4 Å². The van der Waals surface area contributed by atoms with Crippen molar-refractivity contribution in [2.24, 2.45) is 4.99 Å². The first kappa shape index (κ1) is 24.5. The Kier molecular flexibility index (Phi) is 8.92. The molecule has 0 aliphatic carbocycles. The van der Waals surface area contributed by atoms with Crippen molar-refractivity contribution in [2.45, 2.75) is 38.1 Å². The van der Waals surface area contributed by atoms with Gasteiger partial charge in [-0.15, -0.1) is 24.0 Å². The van der Waals surface area contributed by atoms with Gasteiger partial charge in [0.1, 0.15) is 5.82 Å². The molecule has 4 rings (SSSR count). The molecule has 32 heavy (non-hydrogen) atoms. The smallest absolute Gasteiger partial charge is 0.191 e. The highest BCUT2D eigenvalue weighted by molar-refractivity contribution is 14.0. The molecule has 7 heteroatoms. The molecule has 1 aromatic heterocycles. The summed E-state index contributed by atoms with van der Waals surface area (Å²) in [5, 5.41) is 7.06. The van der Waals surface area contributed by atoms with Crippen LogP contribution in [0.15, 0.2) is 59.6 Å². The van der Waals surface area contributed by atoms with Crippen LogP contribution < -0.4 is 10.6 Å². The number of para-hydroxylation sites is 2. The zero-order valence-electron chi connectivity index (χ0n) is 19.0. The van der Waals surface area contributed by atoms with Crippen molar-refractivity contribution < 1.29 is 4.74 Å². The topological polar surface area (TPSA) is 63.5 Å². The summed E-state index contributed by atoms with van der Waals surface area (Å²) in [6.07, 6.45) is 3.04. The van der Waals surface area contributed by atoms with Crippen LogP contribution in [0.2, 0.25) is 0 Å². The molecule has 0 atom stereocenters. The predicted molar refractivity (Wildman–Crippen MR) is 142 cm³/mol. The van der Waals surface area contributed by atoms with Crippen LogP contribution in [0, 0.1) is 6.92 Å². The number of rotatable bonds is 7. The summed E-state index contributed by atoms with van der Waals surface area (Å²) in [5.41, 5.74) is 3.73. The summed E-state index contributed by atoms with van der Waals surface area (Å²) in [7, 11) is 1.84. The number of benzene rings is 2. The maximum absolute atomic E-state index is 5.65. The van der Waals surface area contributed by atoms with E-state index in [1.807, 2.05) is 13.1 Å². The molecule has 1 saturated heterocycles. The number of aromatic nitrogens is 2. The maximum atomic E-state index is 5.65. The van der Waals surface area contributed by atoms with Crippen molar-refractivity contribution in [3.63, 3.8) is 0 Å². The summed E-state index contributed by atoms with van der Waals surface area (Å²) in [6.45, 7) is 6.33. The molecule has 3 aromatic rings. The molecule has 0 amide bonds. The van der Waals surface area contributed by atoms with E-state index < -0.39 is 0 Å². The van der Waals surface area contributed by atoms with Gasteiger partial charge < -0.3 is 19.9 Å². The molecular formula is C25H34IN5O. The van der Waals surface area contributed by atoms with Gasteiger partial charge in [-0.25, -0.2) is 4.98 Å². The first-order chi connectivity index (χ1) is 15.2. The number of nitrogens with one attached hydrogen (secondary N) is 2. The molecule has 0 bridgehead atoms. The van der Waals surface area contributed by atoms with Gasteiger partial charge in [0, 0.05) is 45.3 Å². The Hall–Kier alpha value is -2.13. The monoisotopic (exact) mass is 547 g/mol. The molecule has 2 N–H and O–H groups in total. The number of ether oxygens (including phenoxy) is 1. The molecule has 1 fully saturated rings. The first-order valence-corrected chi connectivity index (χ1v) is 11.2. The lowest BCUT2D eigenvalue weighted by Crippen LogP contribution is -2.48. The minimum absolute atomic E-state index is 0. The van der Waals surface area contributed by atoms with Gasteiger partial charge in [0.2, 0.25) is 0 Å². The Labute approximate surface area is 207 Å². The number of imidazole rings is 1. The second kappa shape index (κ2) is 11.7. The van der Waals surface area contributed by atoms with Crippen molar-refractivity contribution in [3.05, 3.63) is 66.0 Å². The largest absolute Gasteiger partial charge is 0.381 e. The Bertz CT molecular complexity index is 1010. The summed E-state index contributed by atoms with van der Waals surface area (Å²) in [5.74, 6) is 1.92. The average molecular weight is 547 g/mol. The number of nitrogens with zero attached hydrogens (tertiary/aromatic N) is 3. The van der Waals surface area contributed by atoms with Crippen LogP contribution >= 0.6 is 24.0 Å². The molecule has 172 valence electrons. The van der Waals surface area contributed by atoms with Crippen LogP contribution in [0.3, 0.4) is 0 Å². The second-order valence-electron chi connectivity index (χ2n) is 8.26. The highest BCUT2D eigenvalue weighted by Gasteiger charge is 2.34. The van der Waals surface area contributed by atoms with E-state index in [-0.39, 0.29) is 29.4 Å². The van der Waals surface area contributed by atoms with Gasteiger partial charge >= 0.3 is 0 Å². The Balaban J connectivity index is 0.00000289. The summed E-state index contributed by atoms with van der Waals surface area (Å²) in [6, 6.07) is 19.1. The number of aryl methyl sites for hydroxylation is 2. The van der Waals surface area contributed by atoms with Gasteiger partial charge in [0.25, 0.3) is 0 Å². The molecule has 6 nitrogen and oxygen atoms in total. The normalized spacial score (nSPS) is 15.9. The molecule has 1 aliphatic heterocycles. The van der Waals surface area contributed by atoms with E-state index in [0.29, 0.717) is 0 Å². The van der Waals surface area contributed by atoms with Crippen LogP contribution in [-0.4, -0.2) is 48.9 Å². The average Bonchev–Trinajstić information content (AvgIpc) is 3.14. The summed E-state index contributed by atoms with van der Waals surface area (Å²) < 4.78 is 7.94. The predicted octanol–water partition coefficient (Wildman–Crippen LogP) is 4.27. The van der Waals surface area contributed by atoms with Gasteiger partial charge in [0.15, 0.2) is 5.96 Å². The first-order valence-electron chi connectivity index (χ1n) is 11.2. The highest BCUT2D eigenvalue weighted by atomic mass is 127. The second-order valence-corrected chi connectivity index (χ2v) is 8.26. The van der Waals surface area contributed by atoms with Crippen molar-refractivity contribution in [3.8, 4) is 0 Å². The minimum Gasteiger partial charge on any atom is -0.381 e. The quantitative estimate of drug-likeness (QED) is 0.201. The molecule has 1 aliphatic rings. The highest BCUT2D eigenvalue weighted by Crippen LogP contribution is 2.34. The lowest BCUT2D eigenvalue weighted by molar-refractivity contribution is 0.0514. The Morgan fingerprint density at radius 1 is 1.06 bits per heavy atom. The van der Waals surface area contributed by atoms with Crippen LogP contribution in [0.5, 0.6) is 0 Å². The van der Waals surface area contributed by atoms with E-state index in [1.54, 1.807) is 0 Å². The van der Waals surface area contributed by atoms with Crippen LogP contribution in [-0.2, 0) is 16.7 Å². The number of hydrogen-bond acceptors (Lipinski definition) is 3. The van der Waals surface area contributed by atoms with Gasteiger partial charge in [-0.1, -0.05) is 42.5 Å². The number of aliphatic imine (C=N–C) groups is 1. The number of guanidine groups is 1. The van der Waals surface area contributed by atoms with Gasteiger partial charge in [-0.2, -0.15) is 0 Å². The van der Waals surface area contributed by atoms with Crippen molar-refractivity contribution in [1.29, 1.82) is 0 Å². The van der Waals surface area contributed by atoms with Gasteiger partial charge in [0.05, 0.1) is 11.0 Å². The van der Waals surface area contributed by atoms with Crippen LogP contribution in [0.4, 0.5) is 0 Å². The molecular weight excluding hydrogens is 513 g/mol. The van der Waals surface area contributed by atoms with E-state index >= 15 is 0 Å². The summed E-state index contributed by atoms with van der Waals surface area (Å²) >= 11 is 0. The zero-order valence-corrected chi connectivity index (χ0v) is 21.3. The third-order valence-electron chi connectivity index (χ3n) is 6.35. The standard InChI is InChI=1S/C25H33N5O.HI/c1-20-29-22-11-6-7-12-23(22)30(20)16-8-15-27-24(26-2)28-19-25(13-17-31-18-14-25)21-9-4-3-5-10-21;/h3-7,9-12H,8,13-19H2,1-2H3,(H2,26,27,28);1H. The number of halogens is 1. The maximum Gasteiger partial charge on any atom is 0.191 e. The number of hydrogen-bond donors (Lipinski definition) is 2. The van der Waals surface area contributed by atoms with Crippen molar-refractivity contribution in [2.75, 3.05) is 33.4 Å². The fourth-order valence-electron chi connectivity index (χ4n) is 4.52. The molecule has 2 aromatic carbocycles. The van der Waals surface area contributed by atoms with Crippen molar-refractivity contribution in [1.82, 2.24) is 20.2 Å². The molecule has 0 radical (unpaired) electrons.